The molecular formula is C22H17N3O4. The molecule has 2 heterocycles. The molecule has 2 aromatic heterocycles. The van der Waals surface area contributed by atoms with Gasteiger partial charge in [0.15, 0.2) is 11.5 Å². The Bertz CT molecular complexity index is 1300. The third kappa shape index (κ3) is 3.45. The van der Waals surface area contributed by atoms with Crippen LogP contribution in [0, 0.1) is 0 Å². The standard InChI is InChI=1S/C22H17N3O4/c26-17(11-12-18(27)28)19-20(29)16(14-7-3-1-4-8-14)13-25-21(23-24-22(19)25)15-9-5-2-6-10-15/h1-10,13,26H,11-12H2,(H,27,28). The molecule has 7 heteroatoms. The van der Waals surface area contributed by atoms with Crippen molar-refractivity contribution in [3.05, 3.63) is 82.3 Å². The van der Waals surface area contributed by atoms with E-state index in [0.29, 0.717) is 17.0 Å². The molecule has 4 rings (SSSR count). The van der Waals surface area contributed by atoms with Crippen LogP contribution in [0.15, 0.2) is 71.7 Å². The highest BCUT2D eigenvalue weighted by atomic mass is 16.4. The zero-order valence-corrected chi connectivity index (χ0v) is 15.3. The maximum Gasteiger partial charge on any atom is 0.303 e. The summed E-state index contributed by atoms with van der Waals surface area (Å²) in [7, 11) is 0. The van der Waals surface area contributed by atoms with Crippen molar-refractivity contribution in [1.29, 1.82) is 0 Å². The number of hydrogen-bond donors (Lipinski definition) is 2. The molecule has 0 fully saturated rings. The third-order valence-corrected chi connectivity index (χ3v) is 4.63. The monoisotopic (exact) mass is 387 g/mol. The summed E-state index contributed by atoms with van der Waals surface area (Å²) >= 11 is 0. The summed E-state index contributed by atoms with van der Waals surface area (Å²) in [5, 5.41) is 27.8. The SMILES string of the molecule is O=C(O)CCC(O)=c1c(=O)c(-c2ccccc2)cn2c(-c3ccccc3)nnc12. The van der Waals surface area contributed by atoms with E-state index in [9.17, 15) is 14.7 Å². The summed E-state index contributed by atoms with van der Waals surface area (Å²) in [5.74, 6) is -0.858. The van der Waals surface area contributed by atoms with Gasteiger partial charge >= 0.3 is 5.97 Å². The fraction of sp³-hybridized carbons (Fsp3) is 0.0909. The number of carboxylic acids is 1. The molecular weight excluding hydrogens is 370 g/mol. The molecule has 0 amide bonds. The van der Waals surface area contributed by atoms with Crippen LogP contribution in [0.2, 0.25) is 0 Å². The molecule has 0 spiro atoms. The number of aliphatic carboxylic acids is 1. The molecule has 0 aliphatic rings. The number of aliphatic hydroxyl groups excluding tert-OH is 1. The van der Waals surface area contributed by atoms with E-state index >= 15 is 0 Å². The summed E-state index contributed by atoms with van der Waals surface area (Å²) in [4.78, 5) is 24.1. The Hall–Kier alpha value is -4.00. The summed E-state index contributed by atoms with van der Waals surface area (Å²) in [6, 6.07) is 18.4. The summed E-state index contributed by atoms with van der Waals surface area (Å²) in [6.45, 7) is 0. The smallest absolute Gasteiger partial charge is 0.303 e. The zero-order valence-electron chi connectivity index (χ0n) is 15.3. The minimum absolute atomic E-state index is 0.0257. The van der Waals surface area contributed by atoms with E-state index < -0.39 is 11.4 Å². The summed E-state index contributed by atoms with van der Waals surface area (Å²) in [6.07, 6.45) is 1.18. The largest absolute Gasteiger partial charge is 0.511 e. The van der Waals surface area contributed by atoms with Crippen molar-refractivity contribution < 1.29 is 15.0 Å². The lowest BCUT2D eigenvalue weighted by atomic mass is 10.1. The first kappa shape index (κ1) is 18.4. The van der Waals surface area contributed by atoms with Gasteiger partial charge in [0.25, 0.3) is 0 Å². The maximum atomic E-state index is 13.2. The molecule has 2 N–H and O–H groups in total. The second kappa shape index (κ2) is 7.55. The van der Waals surface area contributed by atoms with Gasteiger partial charge < -0.3 is 10.2 Å². The lowest BCUT2D eigenvalue weighted by Crippen LogP contribution is -2.31. The molecule has 0 aliphatic carbocycles. The normalized spacial score (nSPS) is 12.1. The number of hydrogen-bond acceptors (Lipinski definition) is 5. The first-order valence-electron chi connectivity index (χ1n) is 9.03. The predicted molar refractivity (Wildman–Crippen MR) is 108 cm³/mol. The van der Waals surface area contributed by atoms with Crippen LogP contribution in [-0.2, 0) is 4.79 Å². The molecule has 0 bridgehead atoms. The summed E-state index contributed by atoms with van der Waals surface area (Å²) < 4.78 is 1.66. The van der Waals surface area contributed by atoms with E-state index in [2.05, 4.69) is 10.2 Å². The van der Waals surface area contributed by atoms with Gasteiger partial charge in [-0.05, 0) is 5.56 Å². The van der Waals surface area contributed by atoms with Gasteiger partial charge in [-0.1, -0.05) is 60.7 Å². The van der Waals surface area contributed by atoms with Crippen molar-refractivity contribution in [3.8, 4) is 22.5 Å². The fourth-order valence-corrected chi connectivity index (χ4v) is 3.23. The van der Waals surface area contributed by atoms with E-state index in [1.165, 1.54) is 0 Å². The number of pyridine rings is 1. The highest BCUT2D eigenvalue weighted by molar-refractivity contribution is 5.71. The van der Waals surface area contributed by atoms with Gasteiger partial charge in [0, 0.05) is 23.7 Å². The number of aliphatic hydroxyl groups is 1. The van der Waals surface area contributed by atoms with Crippen molar-refractivity contribution in [1.82, 2.24) is 14.6 Å². The van der Waals surface area contributed by atoms with E-state index in [-0.39, 0.29) is 29.5 Å². The average molecular weight is 387 g/mol. The Balaban J connectivity index is 2.07. The molecule has 7 nitrogen and oxygen atoms in total. The van der Waals surface area contributed by atoms with E-state index in [0.717, 1.165) is 5.56 Å². The highest BCUT2D eigenvalue weighted by Gasteiger charge is 2.17. The van der Waals surface area contributed by atoms with Crippen LogP contribution >= 0.6 is 0 Å². The lowest BCUT2D eigenvalue weighted by molar-refractivity contribution is -0.136. The maximum absolute atomic E-state index is 13.2. The van der Waals surface area contributed by atoms with Crippen LogP contribution in [0.25, 0.3) is 33.9 Å². The van der Waals surface area contributed by atoms with Gasteiger partial charge in [0.1, 0.15) is 11.0 Å². The van der Waals surface area contributed by atoms with Crippen LogP contribution in [0.5, 0.6) is 0 Å². The molecule has 0 atom stereocenters. The van der Waals surface area contributed by atoms with Crippen LogP contribution < -0.4 is 10.6 Å². The van der Waals surface area contributed by atoms with Gasteiger partial charge in [-0.2, -0.15) is 0 Å². The van der Waals surface area contributed by atoms with Crippen LogP contribution in [-0.4, -0.2) is 30.8 Å². The van der Waals surface area contributed by atoms with Crippen LogP contribution in [0.4, 0.5) is 0 Å². The predicted octanol–water partition coefficient (Wildman–Crippen LogP) is 2.67. The Kier molecular flexibility index (Phi) is 4.78. The van der Waals surface area contributed by atoms with Gasteiger partial charge in [-0.15, -0.1) is 10.2 Å². The zero-order chi connectivity index (χ0) is 20.4. The number of aromatic nitrogens is 3. The topological polar surface area (TPSA) is 105 Å². The van der Waals surface area contributed by atoms with Gasteiger partial charge in [0.2, 0.25) is 5.43 Å². The third-order valence-electron chi connectivity index (χ3n) is 4.63. The number of nitrogens with zero attached hydrogens (tertiary/aromatic N) is 3. The molecule has 0 unspecified atom stereocenters. The minimum atomic E-state index is -1.06. The highest BCUT2D eigenvalue weighted by Crippen LogP contribution is 2.20. The van der Waals surface area contributed by atoms with E-state index in [1.54, 1.807) is 22.7 Å². The number of benzene rings is 2. The van der Waals surface area contributed by atoms with Crippen molar-refractivity contribution in [2.75, 3.05) is 0 Å². The van der Waals surface area contributed by atoms with E-state index in [1.807, 2.05) is 48.5 Å². The van der Waals surface area contributed by atoms with Gasteiger partial charge in [0.05, 0.1) is 6.42 Å². The second-order valence-corrected chi connectivity index (χ2v) is 6.54. The van der Waals surface area contributed by atoms with Gasteiger partial charge in [-0.25, -0.2) is 0 Å². The Morgan fingerprint density at radius 2 is 1.48 bits per heavy atom. The second-order valence-electron chi connectivity index (χ2n) is 6.54. The molecule has 144 valence electrons. The molecule has 4 aromatic rings. The van der Waals surface area contributed by atoms with Crippen molar-refractivity contribution >= 4 is 17.4 Å². The molecule has 0 radical (unpaired) electrons. The Labute approximate surface area is 165 Å². The van der Waals surface area contributed by atoms with E-state index in [4.69, 9.17) is 5.11 Å². The molecule has 0 saturated carbocycles. The molecule has 2 aromatic carbocycles. The van der Waals surface area contributed by atoms with Crippen molar-refractivity contribution in [2.45, 2.75) is 12.8 Å². The minimum Gasteiger partial charge on any atom is -0.511 e. The van der Waals surface area contributed by atoms with Crippen molar-refractivity contribution in [2.24, 2.45) is 0 Å². The molecule has 0 saturated heterocycles. The average Bonchev–Trinajstić information content (AvgIpc) is 3.16. The number of carbonyl (C=O) groups is 1. The van der Waals surface area contributed by atoms with Crippen molar-refractivity contribution in [3.63, 3.8) is 0 Å². The number of carboxylic acid groups (broad SMARTS) is 1. The molecule has 0 aliphatic heterocycles. The Morgan fingerprint density at radius 3 is 2.10 bits per heavy atom. The van der Waals surface area contributed by atoms with Gasteiger partial charge in [-0.3, -0.25) is 14.0 Å². The number of fused-ring (bicyclic) bond motifs is 1. The summed E-state index contributed by atoms with van der Waals surface area (Å²) in [5.41, 5.74) is 1.62. The van der Waals surface area contributed by atoms with Crippen LogP contribution in [0.1, 0.15) is 12.8 Å². The molecule has 29 heavy (non-hydrogen) atoms. The first-order chi connectivity index (χ1) is 14.1. The van der Waals surface area contributed by atoms with Crippen LogP contribution in [0.3, 0.4) is 0 Å². The quantitative estimate of drug-likeness (QED) is 0.546. The Morgan fingerprint density at radius 1 is 0.862 bits per heavy atom. The number of rotatable bonds is 5. The first-order valence-corrected chi connectivity index (χ1v) is 9.03. The fourth-order valence-electron chi connectivity index (χ4n) is 3.23. The lowest BCUT2D eigenvalue weighted by Gasteiger charge is -2.06.